The summed E-state index contributed by atoms with van der Waals surface area (Å²) in [7, 11) is 3.71. The number of aryl methyl sites for hydroxylation is 1. The first kappa shape index (κ1) is 20.5. The Labute approximate surface area is 169 Å². The minimum absolute atomic E-state index is 0.0653. The van der Waals surface area contributed by atoms with Crippen LogP contribution >= 0.6 is 0 Å². The van der Waals surface area contributed by atoms with Crippen molar-refractivity contribution in [3.05, 3.63) is 42.1 Å². The number of hydrogen-bond acceptors (Lipinski definition) is 6. The van der Waals surface area contributed by atoms with E-state index in [1.165, 1.54) is 40.5 Å². The van der Waals surface area contributed by atoms with Crippen molar-refractivity contribution in [2.75, 3.05) is 32.7 Å². The summed E-state index contributed by atoms with van der Waals surface area (Å²) in [6.07, 6.45) is 2.37. The summed E-state index contributed by atoms with van der Waals surface area (Å²) < 4.78 is 45.3. The quantitative estimate of drug-likeness (QED) is 0.549. The molecular weight excluding hydrogens is 396 g/mol. The topological polar surface area (TPSA) is 87.1 Å². The van der Waals surface area contributed by atoms with E-state index in [2.05, 4.69) is 0 Å². The van der Waals surface area contributed by atoms with Gasteiger partial charge in [-0.2, -0.15) is 0 Å². The average molecular weight is 418 g/mol. The zero-order valence-corrected chi connectivity index (χ0v) is 17.6. The van der Waals surface area contributed by atoms with Gasteiger partial charge in [-0.3, -0.25) is 9.10 Å². The van der Waals surface area contributed by atoms with Crippen LogP contribution in [-0.2, 0) is 17.1 Å². The molecule has 8 nitrogen and oxygen atoms in total. The molecule has 0 aliphatic heterocycles. The summed E-state index contributed by atoms with van der Waals surface area (Å²) >= 11 is 0. The molecule has 1 aromatic heterocycles. The van der Waals surface area contributed by atoms with E-state index < -0.39 is 10.0 Å². The van der Waals surface area contributed by atoms with E-state index in [0.29, 0.717) is 40.2 Å². The molecule has 3 aromatic rings. The molecule has 0 aliphatic carbocycles. The van der Waals surface area contributed by atoms with Gasteiger partial charge in [0.25, 0.3) is 10.0 Å². The van der Waals surface area contributed by atoms with Crippen molar-refractivity contribution < 1.29 is 27.4 Å². The van der Waals surface area contributed by atoms with Crippen molar-refractivity contribution in [1.29, 1.82) is 0 Å². The predicted molar refractivity (Wildman–Crippen MR) is 110 cm³/mol. The lowest BCUT2D eigenvalue weighted by atomic mass is 10.2. The van der Waals surface area contributed by atoms with Crippen molar-refractivity contribution in [2.45, 2.75) is 4.90 Å². The lowest BCUT2D eigenvalue weighted by Crippen LogP contribution is -2.26. The van der Waals surface area contributed by atoms with Crippen molar-refractivity contribution in [1.82, 2.24) is 4.57 Å². The number of carbonyl (C=O) groups excluding carboxylic acids is 1. The third-order valence-electron chi connectivity index (χ3n) is 4.79. The first-order valence-electron chi connectivity index (χ1n) is 8.61. The molecule has 0 saturated heterocycles. The highest BCUT2D eigenvalue weighted by atomic mass is 32.2. The standard InChI is InChI=1S/C20H22N2O6S/c1-21-11-13(12-23)16-10-15(6-7-17(16)21)29(24,25)22(2)14-8-18(26-3)20(28-5)19(9-14)27-4/h6-12H,1-5H3. The number of sulfonamides is 1. The van der Waals surface area contributed by atoms with E-state index in [1.807, 2.05) is 0 Å². The highest BCUT2D eigenvalue weighted by molar-refractivity contribution is 7.92. The fourth-order valence-corrected chi connectivity index (χ4v) is 4.41. The first-order chi connectivity index (χ1) is 13.8. The van der Waals surface area contributed by atoms with Gasteiger partial charge in [0.2, 0.25) is 5.75 Å². The molecule has 0 fully saturated rings. The van der Waals surface area contributed by atoms with Gasteiger partial charge in [0.1, 0.15) is 0 Å². The second-order valence-electron chi connectivity index (χ2n) is 6.35. The van der Waals surface area contributed by atoms with Crippen LogP contribution in [0.4, 0.5) is 5.69 Å². The Hall–Kier alpha value is -3.20. The monoisotopic (exact) mass is 418 g/mol. The van der Waals surface area contributed by atoms with Crippen LogP contribution in [0.1, 0.15) is 10.4 Å². The Kier molecular flexibility index (Phi) is 5.43. The number of benzene rings is 2. The third kappa shape index (κ3) is 3.38. The molecule has 9 heteroatoms. The maximum atomic E-state index is 13.3. The zero-order valence-electron chi connectivity index (χ0n) is 16.8. The van der Waals surface area contributed by atoms with Gasteiger partial charge in [0.15, 0.2) is 17.8 Å². The maximum Gasteiger partial charge on any atom is 0.264 e. The smallest absolute Gasteiger partial charge is 0.264 e. The number of hydrogen-bond donors (Lipinski definition) is 0. The van der Waals surface area contributed by atoms with Crippen molar-refractivity contribution >= 4 is 32.9 Å². The van der Waals surface area contributed by atoms with Crippen LogP contribution in [0.15, 0.2) is 41.4 Å². The molecule has 3 rings (SSSR count). The van der Waals surface area contributed by atoms with Gasteiger partial charge >= 0.3 is 0 Å². The lowest BCUT2D eigenvalue weighted by Gasteiger charge is -2.22. The third-order valence-corrected chi connectivity index (χ3v) is 6.57. The summed E-state index contributed by atoms with van der Waals surface area (Å²) in [5.74, 6) is 1.04. The van der Waals surface area contributed by atoms with Crippen LogP contribution < -0.4 is 18.5 Å². The Morgan fingerprint density at radius 3 is 2.14 bits per heavy atom. The van der Waals surface area contributed by atoms with E-state index in [1.54, 1.807) is 36.0 Å². The van der Waals surface area contributed by atoms with E-state index in [-0.39, 0.29) is 4.90 Å². The molecular formula is C20H22N2O6S. The summed E-state index contributed by atoms with van der Waals surface area (Å²) in [5, 5.41) is 0.571. The van der Waals surface area contributed by atoms with E-state index in [4.69, 9.17) is 14.2 Å². The molecule has 0 radical (unpaired) electrons. The Bertz CT molecular complexity index is 1160. The number of anilines is 1. The van der Waals surface area contributed by atoms with Gasteiger partial charge in [-0.25, -0.2) is 8.42 Å². The molecule has 0 spiro atoms. The Morgan fingerprint density at radius 1 is 1.00 bits per heavy atom. The van der Waals surface area contributed by atoms with E-state index >= 15 is 0 Å². The van der Waals surface area contributed by atoms with E-state index in [0.717, 1.165) is 9.82 Å². The number of aldehydes is 1. The van der Waals surface area contributed by atoms with Gasteiger partial charge in [0.05, 0.1) is 31.9 Å². The number of methoxy groups -OCH3 is 3. The predicted octanol–water partition coefficient (Wildman–Crippen LogP) is 2.84. The molecule has 2 aromatic carbocycles. The Balaban J connectivity index is 2.12. The second kappa shape index (κ2) is 7.67. The average Bonchev–Trinajstić information content (AvgIpc) is 3.07. The highest BCUT2D eigenvalue weighted by Gasteiger charge is 2.25. The van der Waals surface area contributed by atoms with E-state index in [9.17, 15) is 13.2 Å². The van der Waals surface area contributed by atoms with Crippen LogP contribution in [0.25, 0.3) is 10.9 Å². The molecule has 0 saturated carbocycles. The summed E-state index contributed by atoms with van der Waals surface area (Å²) in [4.78, 5) is 11.4. The molecule has 0 aliphatic rings. The fourth-order valence-electron chi connectivity index (χ4n) is 3.20. The van der Waals surface area contributed by atoms with Crippen LogP contribution in [-0.4, -0.2) is 47.6 Å². The number of fused-ring (bicyclic) bond motifs is 1. The van der Waals surface area contributed by atoms with Crippen LogP contribution in [0.5, 0.6) is 17.2 Å². The molecule has 1 heterocycles. The lowest BCUT2D eigenvalue weighted by molar-refractivity contribution is 0.112. The molecule has 0 amide bonds. The van der Waals surface area contributed by atoms with Crippen molar-refractivity contribution in [3.8, 4) is 17.2 Å². The molecule has 154 valence electrons. The van der Waals surface area contributed by atoms with Gasteiger partial charge in [-0.05, 0) is 18.2 Å². The minimum Gasteiger partial charge on any atom is -0.493 e. The van der Waals surface area contributed by atoms with Gasteiger partial charge in [-0.1, -0.05) is 0 Å². The maximum absolute atomic E-state index is 13.3. The minimum atomic E-state index is -3.91. The van der Waals surface area contributed by atoms with Gasteiger partial charge in [0, 0.05) is 48.9 Å². The van der Waals surface area contributed by atoms with Crippen LogP contribution in [0, 0.1) is 0 Å². The molecule has 0 unspecified atom stereocenters. The number of nitrogens with zero attached hydrogens (tertiary/aromatic N) is 2. The normalized spacial score (nSPS) is 11.3. The Morgan fingerprint density at radius 2 is 1.62 bits per heavy atom. The molecule has 0 N–H and O–H groups in total. The summed E-state index contributed by atoms with van der Waals surface area (Å²) in [6.45, 7) is 0. The van der Waals surface area contributed by atoms with Gasteiger partial charge < -0.3 is 18.8 Å². The van der Waals surface area contributed by atoms with Crippen LogP contribution in [0.2, 0.25) is 0 Å². The summed E-state index contributed by atoms with van der Waals surface area (Å²) in [5.41, 5.74) is 1.53. The van der Waals surface area contributed by atoms with Crippen molar-refractivity contribution in [2.24, 2.45) is 7.05 Å². The number of aromatic nitrogens is 1. The van der Waals surface area contributed by atoms with Gasteiger partial charge in [-0.15, -0.1) is 0 Å². The second-order valence-corrected chi connectivity index (χ2v) is 8.32. The first-order valence-corrected chi connectivity index (χ1v) is 10.1. The largest absolute Gasteiger partial charge is 0.493 e. The highest BCUT2D eigenvalue weighted by Crippen LogP contribution is 2.41. The molecule has 29 heavy (non-hydrogen) atoms. The van der Waals surface area contributed by atoms with Crippen LogP contribution in [0.3, 0.4) is 0 Å². The SMILES string of the molecule is COc1cc(N(C)S(=O)(=O)c2ccc3c(c2)c(C=O)cn3C)cc(OC)c1OC. The molecule has 0 atom stereocenters. The molecule has 0 bridgehead atoms. The fraction of sp³-hybridized carbons (Fsp3) is 0.250. The number of ether oxygens (including phenoxy) is 3. The van der Waals surface area contributed by atoms with Crippen molar-refractivity contribution in [3.63, 3.8) is 0 Å². The number of rotatable bonds is 7. The zero-order chi connectivity index (χ0) is 21.3. The number of carbonyl (C=O) groups is 1. The summed E-state index contributed by atoms with van der Waals surface area (Å²) in [6, 6.07) is 7.80.